The van der Waals surface area contributed by atoms with Crippen molar-refractivity contribution in [2.24, 2.45) is 0 Å². The molecule has 3 aromatic rings. The van der Waals surface area contributed by atoms with Gasteiger partial charge in [-0.05, 0) is 37.1 Å². The third kappa shape index (κ3) is 3.60. The first-order valence-electron chi connectivity index (χ1n) is 9.29. The number of aromatic nitrogens is 5. The summed E-state index contributed by atoms with van der Waals surface area (Å²) in [5.74, 6) is 1.24. The maximum absolute atomic E-state index is 12.2. The Kier molecular flexibility index (Phi) is 4.70. The molecule has 140 valence electrons. The molecule has 0 unspecified atom stereocenters. The molecule has 0 radical (unpaired) electrons. The summed E-state index contributed by atoms with van der Waals surface area (Å²) in [5, 5.41) is 16.6. The fourth-order valence-electron chi connectivity index (χ4n) is 3.43. The van der Waals surface area contributed by atoms with Crippen LogP contribution in [-0.4, -0.2) is 55.7 Å². The Bertz CT molecular complexity index is 960. The van der Waals surface area contributed by atoms with Crippen LogP contribution in [-0.2, 0) is 0 Å². The zero-order valence-electron chi connectivity index (χ0n) is 15.6. The lowest BCUT2D eigenvalue weighted by Gasteiger charge is -2.23. The summed E-state index contributed by atoms with van der Waals surface area (Å²) in [4.78, 5) is 18.1. The van der Waals surface area contributed by atoms with Crippen LogP contribution in [0.2, 0.25) is 0 Å². The van der Waals surface area contributed by atoms with E-state index in [1.165, 1.54) is 37.0 Å². The number of hydrogen-bond acceptors (Lipinski definition) is 6. The molecule has 0 saturated heterocycles. The molecule has 4 rings (SSSR count). The van der Waals surface area contributed by atoms with Crippen molar-refractivity contribution in [1.82, 2.24) is 29.7 Å². The van der Waals surface area contributed by atoms with Gasteiger partial charge in [0.15, 0.2) is 5.65 Å². The summed E-state index contributed by atoms with van der Waals surface area (Å²) in [6, 6.07) is 7.70. The molecule has 1 saturated carbocycles. The number of amides is 1. The first-order valence-corrected chi connectivity index (χ1v) is 9.29. The average molecular weight is 365 g/mol. The van der Waals surface area contributed by atoms with Crippen LogP contribution in [0.25, 0.3) is 17.2 Å². The molecule has 0 aromatic carbocycles. The minimum atomic E-state index is -0.0833. The van der Waals surface area contributed by atoms with Gasteiger partial charge in [0, 0.05) is 31.9 Å². The van der Waals surface area contributed by atoms with Crippen LogP contribution in [0.5, 0.6) is 0 Å². The van der Waals surface area contributed by atoms with Gasteiger partial charge in [0.2, 0.25) is 5.82 Å². The molecular formula is C19H23N7O. The molecule has 8 nitrogen and oxygen atoms in total. The molecule has 0 aliphatic heterocycles. The highest BCUT2D eigenvalue weighted by Crippen LogP contribution is 2.22. The largest absolute Gasteiger partial charge is 0.366 e. The van der Waals surface area contributed by atoms with E-state index < -0.39 is 0 Å². The van der Waals surface area contributed by atoms with Crippen LogP contribution in [0.15, 0.2) is 30.5 Å². The zero-order chi connectivity index (χ0) is 18.8. The predicted molar refractivity (Wildman–Crippen MR) is 103 cm³/mol. The number of nitrogens with one attached hydrogen (secondary N) is 1. The van der Waals surface area contributed by atoms with Gasteiger partial charge in [-0.3, -0.25) is 9.78 Å². The van der Waals surface area contributed by atoms with E-state index in [1.807, 2.05) is 12.1 Å². The topological polar surface area (TPSA) is 88.3 Å². The summed E-state index contributed by atoms with van der Waals surface area (Å²) >= 11 is 0. The van der Waals surface area contributed by atoms with Crippen molar-refractivity contribution in [3.8, 4) is 11.5 Å². The van der Waals surface area contributed by atoms with Crippen LogP contribution < -0.4 is 5.32 Å². The van der Waals surface area contributed by atoms with Crippen LogP contribution >= 0.6 is 0 Å². The Hall–Kier alpha value is -3.03. The van der Waals surface area contributed by atoms with E-state index in [-0.39, 0.29) is 5.91 Å². The van der Waals surface area contributed by atoms with E-state index in [0.29, 0.717) is 28.8 Å². The third-order valence-corrected chi connectivity index (χ3v) is 4.86. The van der Waals surface area contributed by atoms with Gasteiger partial charge in [0.25, 0.3) is 5.91 Å². The smallest absolute Gasteiger partial charge is 0.253 e. The SMILES string of the molecule is CN(C)C(=O)c1ccnc(-c2nnc3ccc(NC4CCCCC4)nn23)c1. The fraction of sp³-hybridized carbons (Fsp3) is 0.421. The van der Waals surface area contributed by atoms with E-state index in [0.717, 1.165) is 5.82 Å². The van der Waals surface area contributed by atoms with Crippen molar-refractivity contribution in [3.63, 3.8) is 0 Å². The van der Waals surface area contributed by atoms with E-state index in [4.69, 9.17) is 0 Å². The van der Waals surface area contributed by atoms with E-state index in [2.05, 4.69) is 25.6 Å². The summed E-state index contributed by atoms with van der Waals surface area (Å²) in [7, 11) is 3.44. The first-order chi connectivity index (χ1) is 13.1. The van der Waals surface area contributed by atoms with E-state index >= 15 is 0 Å². The quantitative estimate of drug-likeness (QED) is 0.765. The maximum atomic E-state index is 12.2. The van der Waals surface area contributed by atoms with Gasteiger partial charge in [-0.15, -0.1) is 15.3 Å². The normalized spacial score (nSPS) is 15.0. The number of carbonyl (C=O) groups is 1. The van der Waals surface area contributed by atoms with Crippen molar-refractivity contribution in [3.05, 3.63) is 36.0 Å². The Morgan fingerprint density at radius 3 is 2.74 bits per heavy atom. The lowest BCUT2D eigenvalue weighted by atomic mass is 9.95. The molecule has 1 aliphatic rings. The van der Waals surface area contributed by atoms with Gasteiger partial charge in [-0.2, -0.15) is 4.52 Å². The van der Waals surface area contributed by atoms with Crippen molar-refractivity contribution in [2.45, 2.75) is 38.1 Å². The Balaban J connectivity index is 1.67. The maximum Gasteiger partial charge on any atom is 0.253 e. The Morgan fingerprint density at radius 2 is 1.96 bits per heavy atom. The molecule has 27 heavy (non-hydrogen) atoms. The number of fused-ring (bicyclic) bond motifs is 1. The predicted octanol–water partition coefficient (Wildman–Crippen LogP) is 2.63. The van der Waals surface area contributed by atoms with E-state index in [1.54, 1.807) is 36.9 Å². The van der Waals surface area contributed by atoms with Gasteiger partial charge in [-0.1, -0.05) is 19.3 Å². The Morgan fingerprint density at radius 1 is 1.15 bits per heavy atom. The number of anilines is 1. The van der Waals surface area contributed by atoms with Gasteiger partial charge in [0.05, 0.1) is 0 Å². The standard InChI is InChI=1S/C19H23N7O/c1-25(2)19(27)13-10-11-20-15(12-13)18-23-22-17-9-8-16(24-26(17)18)21-14-6-4-3-5-7-14/h8-12,14H,3-7H2,1-2H3,(H,21,24). The molecule has 0 bridgehead atoms. The van der Waals surface area contributed by atoms with Crippen molar-refractivity contribution >= 4 is 17.4 Å². The summed E-state index contributed by atoms with van der Waals surface area (Å²) in [5.41, 5.74) is 1.76. The van der Waals surface area contributed by atoms with Crippen LogP contribution in [0.4, 0.5) is 5.82 Å². The molecule has 1 aliphatic carbocycles. The second-order valence-corrected chi connectivity index (χ2v) is 7.12. The van der Waals surface area contributed by atoms with Crippen molar-refractivity contribution < 1.29 is 4.79 Å². The lowest BCUT2D eigenvalue weighted by Crippen LogP contribution is -2.23. The summed E-state index contributed by atoms with van der Waals surface area (Å²) in [6.07, 6.45) is 7.78. The third-order valence-electron chi connectivity index (χ3n) is 4.86. The second kappa shape index (κ2) is 7.30. The second-order valence-electron chi connectivity index (χ2n) is 7.12. The van der Waals surface area contributed by atoms with Gasteiger partial charge in [0.1, 0.15) is 11.5 Å². The number of rotatable bonds is 4. The monoisotopic (exact) mass is 365 g/mol. The molecule has 3 aromatic heterocycles. The number of hydrogen-bond donors (Lipinski definition) is 1. The highest BCUT2D eigenvalue weighted by atomic mass is 16.2. The molecular weight excluding hydrogens is 342 g/mol. The van der Waals surface area contributed by atoms with Crippen LogP contribution in [0.1, 0.15) is 42.5 Å². The van der Waals surface area contributed by atoms with Crippen LogP contribution in [0.3, 0.4) is 0 Å². The number of pyridine rings is 1. The summed E-state index contributed by atoms with van der Waals surface area (Å²) in [6.45, 7) is 0. The van der Waals surface area contributed by atoms with Crippen LogP contribution in [0, 0.1) is 0 Å². The highest BCUT2D eigenvalue weighted by Gasteiger charge is 2.17. The average Bonchev–Trinajstić information content (AvgIpc) is 3.11. The summed E-state index contributed by atoms with van der Waals surface area (Å²) < 4.78 is 1.68. The van der Waals surface area contributed by atoms with Gasteiger partial charge in [-0.25, -0.2) is 0 Å². The molecule has 1 amide bonds. The highest BCUT2D eigenvalue weighted by molar-refractivity contribution is 5.94. The molecule has 1 fully saturated rings. The van der Waals surface area contributed by atoms with E-state index in [9.17, 15) is 4.79 Å². The molecule has 0 atom stereocenters. The number of carbonyl (C=O) groups excluding carboxylic acids is 1. The Labute approximate surface area is 157 Å². The van der Waals surface area contributed by atoms with Gasteiger partial charge >= 0.3 is 0 Å². The molecule has 1 N–H and O–H groups in total. The number of nitrogens with zero attached hydrogens (tertiary/aromatic N) is 6. The minimum absolute atomic E-state index is 0.0833. The molecule has 0 spiro atoms. The van der Waals surface area contributed by atoms with Crippen molar-refractivity contribution in [2.75, 3.05) is 19.4 Å². The molecule has 3 heterocycles. The fourth-order valence-corrected chi connectivity index (χ4v) is 3.43. The van der Waals surface area contributed by atoms with Crippen molar-refractivity contribution in [1.29, 1.82) is 0 Å². The zero-order valence-corrected chi connectivity index (χ0v) is 15.6. The molecule has 8 heteroatoms. The van der Waals surface area contributed by atoms with Gasteiger partial charge < -0.3 is 10.2 Å². The minimum Gasteiger partial charge on any atom is -0.366 e. The lowest BCUT2D eigenvalue weighted by molar-refractivity contribution is 0.0827. The first kappa shape index (κ1) is 17.4.